The van der Waals surface area contributed by atoms with Crippen molar-refractivity contribution in [1.29, 1.82) is 0 Å². The Morgan fingerprint density at radius 3 is 2.70 bits per heavy atom. The quantitative estimate of drug-likeness (QED) is 0.917. The fourth-order valence-electron chi connectivity index (χ4n) is 3.14. The van der Waals surface area contributed by atoms with E-state index in [2.05, 4.69) is 43.0 Å². The molecule has 0 unspecified atom stereocenters. The van der Waals surface area contributed by atoms with E-state index >= 15 is 0 Å². The van der Waals surface area contributed by atoms with Gasteiger partial charge in [-0.05, 0) is 44.2 Å². The third-order valence-corrected chi connectivity index (χ3v) is 4.27. The molecule has 110 valence electrons. The van der Waals surface area contributed by atoms with Crippen molar-refractivity contribution in [3.63, 3.8) is 0 Å². The van der Waals surface area contributed by atoms with E-state index in [1.165, 1.54) is 17.5 Å². The van der Waals surface area contributed by atoms with Crippen molar-refractivity contribution in [2.75, 3.05) is 13.1 Å². The number of hydrogen-bond donors (Lipinski definition) is 1. The summed E-state index contributed by atoms with van der Waals surface area (Å²) in [6, 6.07) is 8.85. The zero-order valence-electron chi connectivity index (χ0n) is 12.6. The molecule has 3 nitrogen and oxygen atoms in total. The Labute approximate surface area is 122 Å². The molecule has 0 bridgehead atoms. The van der Waals surface area contributed by atoms with E-state index in [-0.39, 0.29) is 11.9 Å². The predicted octanol–water partition coefficient (Wildman–Crippen LogP) is 3.03. The Morgan fingerprint density at radius 2 is 2.05 bits per heavy atom. The number of carbonyl (C=O) groups excluding carboxylic acids is 1. The summed E-state index contributed by atoms with van der Waals surface area (Å²) in [5.74, 6) is 0.779. The maximum atomic E-state index is 12.4. The van der Waals surface area contributed by atoms with Crippen LogP contribution in [0.2, 0.25) is 0 Å². The normalized spacial score (nSPS) is 22.9. The SMILES string of the molecule is Cc1ccc([C@H]2[C@@H](C)CCCN2C(=O)CCCN)cc1. The number of aryl methyl sites for hydroxylation is 1. The van der Waals surface area contributed by atoms with Gasteiger partial charge < -0.3 is 10.6 Å². The van der Waals surface area contributed by atoms with Gasteiger partial charge >= 0.3 is 0 Å². The number of likely N-dealkylation sites (tertiary alicyclic amines) is 1. The second-order valence-corrected chi connectivity index (χ2v) is 5.95. The van der Waals surface area contributed by atoms with Crippen LogP contribution in [0.5, 0.6) is 0 Å². The van der Waals surface area contributed by atoms with Crippen molar-refractivity contribution in [3.8, 4) is 0 Å². The molecule has 0 aromatic heterocycles. The molecule has 20 heavy (non-hydrogen) atoms. The van der Waals surface area contributed by atoms with E-state index in [0.29, 0.717) is 18.9 Å². The van der Waals surface area contributed by atoms with Crippen LogP contribution in [0.4, 0.5) is 0 Å². The van der Waals surface area contributed by atoms with Gasteiger partial charge in [0.15, 0.2) is 0 Å². The van der Waals surface area contributed by atoms with E-state index in [9.17, 15) is 4.79 Å². The maximum Gasteiger partial charge on any atom is 0.223 e. The molecule has 0 saturated carbocycles. The largest absolute Gasteiger partial charge is 0.335 e. The Hall–Kier alpha value is -1.35. The number of benzene rings is 1. The van der Waals surface area contributed by atoms with Gasteiger partial charge in [0.25, 0.3) is 0 Å². The Balaban J connectivity index is 2.19. The first-order chi connectivity index (χ1) is 9.63. The molecule has 1 aliphatic heterocycles. The smallest absolute Gasteiger partial charge is 0.223 e. The Kier molecular flexibility index (Phi) is 5.18. The van der Waals surface area contributed by atoms with E-state index in [4.69, 9.17) is 5.73 Å². The van der Waals surface area contributed by atoms with Crippen LogP contribution in [-0.2, 0) is 4.79 Å². The number of hydrogen-bond acceptors (Lipinski definition) is 2. The van der Waals surface area contributed by atoms with Gasteiger partial charge in [0.05, 0.1) is 6.04 Å². The predicted molar refractivity (Wildman–Crippen MR) is 82.3 cm³/mol. The summed E-state index contributed by atoms with van der Waals surface area (Å²) in [6.07, 6.45) is 3.66. The molecule has 1 heterocycles. The second-order valence-electron chi connectivity index (χ2n) is 5.95. The van der Waals surface area contributed by atoms with Crippen LogP contribution in [-0.4, -0.2) is 23.9 Å². The Bertz CT molecular complexity index is 441. The summed E-state index contributed by atoms with van der Waals surface area (Å²) in [6.45, 7) is 5.82. The zero-order valence-corrected chi connectivity index (χ0v) is 12.6. The van der Waals surface area contributed by atoms with Crippen molar-refractivity contribution < 1.29 is 4.79 Å². The van der Waals surface area contributed by atoms with Crippen molar-refractivity contribution in [2.45, 2.75) is 45.6 Å². The molecular formula is C17H26N2O. The van der Waals surface area contributed by atoms with Gasteiger partial charge in [0.1, 0.15) is 0 Å². The molecule has 0 spiro atoms. The lowest BCUT2D eigenvalue weighted by Crippen LogP contribution is -2.42. The summed E-state index contributed by atoms with van der Waals surface area (Å²) < 4.78 is 0. The van der Waals surface area contributed by atoms with E-state index in [0.717, 1.165) is 19.4 Å². The number of nitrogens with two attached hydrogens (primary N) is 1. The summed E-state index contributed by atoms with van der Waals surface area (Å²) in [7, 11) is 0. The lowest BCUT2D eigenvalue weighted by Gasteiger charge is -2.40. The molecular weight excluding hydrogens is 248 g/mol. The summed E-state index contributed by atoms with van der Waals surface area (Å²) in [5.41, 5.74) is 8.06. The highest BCUT2D eigenvalue weighted by Gasteiger charge is 2.32. The topological polar surface area (TPSA) is 46.3 Å². The van der Waals surface area contributed by atoms with Crippen molar-refractivity contribution in [1.82, 2.24) is 4.90 Å². The average Bonchev–Trinajstić information content (AvgIpc) is 2.45. The fraction of sp³-hybridized carbons (Fsp3) is 0.588. The van der Waals surface area contributed by atoms with Crippen molar-refractivity contribution in [3.05, 3.63) is 35.4 Å². The summed E-state index contributed by atoms with van der Waals surface area (Å²) >= 11 is 0. The minimum absolute atomic E-state index is 0.231. The molecule has 1 amide bonds. The van der Waals surface area contributed by atoms with Crippen LogP contribution in [0.15, 0.2) is 24.3 Å². The first-order valence-electron chi connectivity index (χ1n) is 7.69. The molecule has 1 saturated heterocycles. The lowest BCUT2D eigenvalue weighted by atomic mass is 9.85. The van der Waals surface area contributed by atoms with Crippen LogP contribution < -0.4 is 5.73 Å². The molecule has 2 N–H and O–H groups in total. The molecule has 0 radical (unpaired) electrons. The van der Waals surface area contributed by atoms with E-state index < -0.39 is 0 Å². The first kappa shape index (κ1) is 15.0. The van der Waals surface area contributed by atoms with Gasteiger partial charge in [-0.25, -0.2) is 0 Å². The minimum Gasteiger partial charge on any atom is -0.335 e. The summed E-state index contributed by atoms with van der Waals surface area (Å²) in [5, 5.41) is 0. The monoisotopic (exact) mass is 274 g/mol. The molecule has 2 atom stereocenters. The second kappa shape index (κ2) is 6.89. The van der Waals surface area contributed by atoms with Crippen LogP contribution in [0.1, 0.15) is 49.8 Å². The molecule has 3 heteroatoms. The number of carbonyl (C=O) groups is 1. The van der Waals surface area contributed by atoms with E-state index in [1.54, 1.807) is 0 Å². The van der Waals surface area contributed by atoms with Gasteiger partial charge in [-0.3, -0.25) is 4.79 Å². The standard InChI is InChI=1S/C17H26N2O/c1-13-7-9-15(10-8-13)17-14(2)5-4-12-19(17)16(20)6-3-11-18/h7-10,14,17H,3-6,11-12,18H2,1-2H3/t14-,17+/m0/s1. The highest BCUT2D eigenvalue weighted by Crippen LogP contribution is 2.36. The molecule has 1 aliphatic rings. The molecule has 1 fully saturated rings. The summed E-state index contributed by atoms with van der Waals surface area (Å²) in [4.78, 5) is 14.5. The molecule has 1 aromatic rings. The number of piperidine rings is 1. The van der Waals surface area contributed by atoms with Gasteiger partial charge in [0, 0.05) is 13.0 Å². The number of rotatable bonds is 4. The molecule has 0 aliphatic carbocycles. The van der Waals surface area contributed by atoms with E-state index in [1.807, 2.05) is 0 Å². The number of nitrogens with zero attached hydrogens (tertiary/aromatic N) is 1. The molecule has 2 rings (SSSR count). The van der Waals surface area contributed by atoms with Crippen LogP contribution in [0.3, 0.4) is 0 Å². The minimum atomic E-state index is 0.231. The van der Waals surface area contributed by atoms with Crippen LogP contribution in [0.25, 0.3) is 0 Å². The maximum absolute atomic E-state index is 12.4. The van der Waals surface area contributed by atoms with Gasteiger partial charge in [0.2, 0.25) is 5.91 Å². The van der Waals surface area contributed by atoms with Gasteiger partial charge in [-0.1, -0.05) is 36.8 Å². The Morgan fingerprint density at radius 1 is 1.35 bits per heavy atom. The van der Waals surface area contributed by atoms with Gasteiger partial charge in [-0.15, -0.1) is 0 Å². The van der Waals surface area contributed by atoms with Gasteiger partial charge in [-0.2, -0.15) is 0 Å². The highest BCUT2D eigenvalue weighted by atomic mass is 16.2. The van der Waals surface area contributed by atoms with Crippen molar-refractivity contribution in [2.24, 2.45) is 11.7 Å². The lowest BCUT2D eigenvalue weighted by molar-refractivity contribution is -0.136. The highest BCUT2D eigenvalue weighted by molar-refractivity contribution is 5.77. The fourth-order valence-corrected chi connectivity index (χ4v) is 3.14. The third-order valence-electron chi connectivity index (χ3n) is 4.27. The number of amides is 1. The molecule has 1 aromatic carbocycles. The van der Waals surface area contributed by atoms with Crippen molar-refractivity contribution >= 4 is 5.91 Å². The third kappa shape index (κ3) is 3.40. The van der Waals surface area contributed by atoms with Crippen LogP contribution >= 0.6 is 0 Å². The van der Waals surface area contributed by atoms with Crippen LogP contribution in [0, 0.1) is 12.8 Å². The average molecular weight is 274 g/mol. The first-order valence-corrected chi connectivity index (χ1v) is 7.69. The zero-order chi connectivity index (χ0) is 14.5.